The monoisotopic (exact) mass is 692 g/mol. The summed E-state index contributed by atoms with van der Waals surface area (Å²) in [6.45, 7) is 5.52. The number of anilines is 1. The molecule has 1 aromatic carbocycles. The third-order valence-electron chi connectivity index (χ3n) is 7.97. The van der Waals surface area contributed by atoms with Crippen molar-refractivity contribution < 1.29 is 17.9 Å². The van der Waals surface area contributed by atoms with Gasteiger partial charge in [0.25, 0.3) is 0 Å². The van der Waals surface area contributed by atoms with E-state index in [0.29, 0.717) is 44.9 Å². The molecule has 0 spiro atoms. The smallest absolute Gasteiger partial charge is 0.407 e. The quantitative estimate of drug-likeness (QED) is 0.307. The fraction of sp³-hybridized carbons (Fsp3) is 0.500. The van der Waals surface area contributed by atoms with Crippen LogP contribution in [0.15, 0.2) is 29.1 Å². The van der Waals surface area contributed by atoms with Crippen molar-refractivity contribution in [1.82, 2.24) is 33.3 Å². The second-order valence-corrected chi connectivity index (χ2v) is 15.6. The summed E-state index contributed by atoms with van der Waals surface area (Å²) in [6.07, 6.45) is 6.21. The van der Waals surface area contributed by atoms with Gasteiger partial charge in [-0.1, -0.05) is 17.7 Å². The normalized spacial score (nSPS) is 20.9. The van der Waals surface area contributed by atoms with E-state index in [1.807, 2.05) is 46.1 Å². The van der Waals surface area contributed by atoms with Gasteiger partial charge >= 0.3 is 16.3 Å². The van der Waals surface area contributed by atoms with Crippen LogP contribution in [0.3, 0.4) is 0 Å². The predicted octanol–water partition coefficient (Wildman–Crippen LogP) is 5.08. The molecule has 0 saturated carbocycles. The summed E-state index contributed by atoms with van der Waals surface area (Å²) in [5.74, 6) is 0.574. The second kappa shape index (κ2) is 10.6. The maximum atomic E-state index is 13.5. The molecule has 0 unspecified atom stereocenters. The summed E-state index contributed by atoms with van der Waals surface area (Å²) < 4.78 is 37.1. The van der Waals surface area contributed by atoms with E-state index in [1.165, 1.54) is 24.3 Å². The van der Waals surface area contributed by atoms with Gasteiger partial charge in [-0.25, -0.2) is 18.7 Å². The van der Waals surface area contributed by atoms with Crippen LogP contribution in [0.25, 0.3) is 33.2 Å². The number of amides is 1. The minimum Gasteiger partial charge on any atom is -0.444 e. The van der Waals surface area contributed by atoms with Gasteiger partial charge in [-0.05, 0) is 68.5 Å². The van der Waals surface area contributed by atoms with Crippen LogP contribution in [0.1, 0.15) is 46.5 Å². The Kier molecular flexibility index (Phi) is 7.42. The number of carbonyl (C=O) groups is 1. The fourth-order valence-electron chi connectivity index (χ4n) is 6.19. The molecule has 5 heterocycles. The first-order valence-corrected chi connectivity index (χ1v) is 16.6. The summed E-state index contributed by atoms with van der Waals surface area (Å²) >= 11 is 10.5. The SMILES string of the molecule is CN(C)S(=O)(=O)n1cc(-c2ccc3nn(C)cc3c2Cl)c2nc(Br)c(N3[C@@H]4CC[C@H]3C[C@@H](NC(=O)OC(C)(C)C)C4)nc21. The Bertz CT molecular complexity index is 1850. The number of benzene rings is 1. The van der Waals surface area contributed by atoms with E-state index < -0.39 is 21.9 Å². The largest absolute Gasteiger partial charge is 0.444 e. The van der Waals surface area contributed by atoms with Gasteiger partial charge in [-0.2, -0.15) is 17.8 Å². The lowest BCUT2D eigenvalue weighted by atomic mass is 9.97. The number of hydrogen-bond acceptors (Lipinski definition) is 8. The zero-order valence-electron chi connectivity index (χ0n) is 24.8. The highest BCUT2D eigenvalue weighted by Crippen LogP contribution is 2.44. The average molecular weight is 694 g/mol. The Morgan fingerprint density at radius 2 is 1.79 bits per heavy atom. The van der Waals surface area contributed by atoms with Gasteiger partial charge in [-0.3, -0.25) is 4.68 Å². The van der Waals surface area contributed by atoms with E-state index in [-0.39, 0.29) is 23.8 Å². The predicted molar refractivity (Wildman–Crippen MR) is 170 cm³/mol. The number of piperidine rings is 1. The summed E-state index contributed by atoms with van der Waals surface area (Å²) in [4.78, 5) is 24.5. The van der Waals surface area contributed by atoms with Gasteiger partial charge in [-0.15, -0.1) is 0 Å². The maximum absolute atomic E-state index is 13.5. The fourth-order valence-corrected chi connectivity index (χ4v) is 7.90. The molecule has 0 aliphatic carbocycles. The highest BCUT2D eigenvalue weighted by molar-refractivity contribution is 9.10. The first-order chi connectivity index (χ1) is 20.1. The maximum Gasteiger partial charge on any atom is 0.407 e. The summed E-state index contributed by atoms with van der Waals surface area (Å²) in [6, 6.07) is 3.83. The highest BCUT2D eigenvalue weighted by atomic mass is 79.9. The summed E-state index contributed by atoms with van der Waals surface area (Å²) in [5.41, 5.74) is 1.93. The topological polar surface area (TPSA) is 127 Å². The number of fused-ring (bicyclic) bond motifs is 4. The first kappa shape index (κ1) is 30.1. The molecule has 2 bridgehead atoms. The molecule has 1 N–H and O–H groups in total. The minimum absolute atomic E-state index is 0.0341. The molecule has 6 rings (SSSR count). The molecule has 3 aromatic heterocycles. The van der Waals surface area contributed by atoms with Crippen LogP contribution in [-0.2, 0) is 22.0 Å². The Balaban J connectivity index is 1.42. The lowest BCUT2D eigenvalue weighted by Gasteiger charge is -2.40. The minimum atomic E-state index is -3.96. The van der Waals surface area contributed by atoms with Gasteiger partial charge in [0.1, 0.15) is 15.7 Å². The third-order valence-corrected chi connectivity index (χ3v) is 10.6. The molecule has 230 valence electrons. The molecule has 15 heteroatoms. The van der Waals surface area contributed by atoms with E-state index in [1.54, 1.807) is 4.68 Å². The van der Waals surface area contributed by atoms with Gasteiger partial charge in [0.2, 0.25) is 0 Å². The van der Waals surface area contributed by atoms with Gasteiger partial charge in [0, 0.05) is 68.2 Å². The van der Waals surface area contributed by atoms with Gasteiger partial charge < -0.3 is 15.0 Å². The Hall–Kier alpha value is -2.94. The van der Waals surface area contributed by atoms with Crippen molar-refractivity contribution in [2.45, 2.75) is 70.2 Å². The van der Waals surface area contributed by atoms with Crippen LogP contribution in [0.5, 0.6) is 0 Å². The number of nitrogens with zero attached hydrogens (tertiary/aromatic N) is 7. The van der Waals surface area contributed by atoms with Crippen molar-refractivity contribution in [2.24, 2.45) is 7.05 Å². The molecule has 0 radical (unpaired) electrons. The van der Waals surface area contributed by atoms with Crippen LogP contribution in [0.2, 0.25) is 5.02 Å². The third kappa shape index (κ3) is 5.36. The molecule has 2 fully saturated rings. The van der Waals surface area contributed by atoms with E-state index in [4.69, 9.17) is 26.3 Å². The van der Waals surface area contributed by atoms with Crippen molar-refractivity contribution in [3.05, 3.63) is 34.2 Å². The highest BCUT2D eigenvalue weighted by Gasteiger charge is 2.43. The van der Waals surface area contributed by atoms with Crippen LogP contribution in [0.4, 0.5) is 10.6 Å². The van der Waals surface area contributed by atoms with Crippen LogP contribution < -0.4 is 10.2 Å². The van der Waals surface area contributed by atoms with E-state index in [0.717, 1.165) is 28.0 Å². The Morgan fingerprint density at radius 1 is 1.12 bits per heavy atom. The lowest BCUT2D eigenvalue weighted by Crippen LogP contribution is -2.51. The molecule has 43 heavy (non-hydrogen) atoms. The van der Waals surface area contributed by atoms with E-state index in [9.17, 15) is 13.2 Å². The van der Waals surface area contributed by atoms with Crippen LogP contribution in [-0.4, -0.2) is 80.4 Å². The standard InChI is InChI=1S/C28H34BrClN8O4S/c1-28(2,3)42-27(39)31-15-11-16-7-8-17(12-15)38(16)26-24(29)32-23-19(14-37(25(23)33-26)43(40,41)35(4)5)18-9-10-21-20(22(18)30)13-36(6)34-21/h9-10,13-17H,7-8,11-12H2,1-6H3,(H,31,39)/t15-,16+,17-. The lowest BCUT2D eigenvalue weighted by molar-refractivity contribution is 0.0492. The van der Waals surface area contributed by atoms with E-state index >= 15 is 0 Å². The number of nitrogens with one attached hydrogen (secondary N) is 1. The summed E-state index contributed by atoms with van der Waals surface area (Å²) in [7, 11) is 0.816. The van der Waals surface area contributed by atoms with Crippen molar-refractivity contribution in [3.8, 4) is 11.1 Å². The number of aromatic nitrogens is 5. The van der Waals surface area contributed by atoms with Crippen molar-refractivity contribution in [2.75, 3.05) is 19.0 Å². The van der Waals surface area contributed by atoms with Crippen molar-refractivity contribution in [3.63, 3.8) is 0 Å². The molecule has 3 atom stereocenters. The number of halogens is 2. The van der Waals surface area contributed by atoms with Crippen LogP contribution >= 0.6 is 27.5 Å². The number of ether oxygens (including phenoxy) is 1. The van der Waals surface area contributed by atoms with Gasteiger partial charge in [0.05, 0.1) is 10.5 Å². The van der Waals surface area contributed by atoms with Gasteiger partial charge in [0.15, 0.2) is 11.5 Å². The van der Waals surface area contributed by atoms with E-state index in [2.05, 4.69) is 31.2 Å². The number of carbonyl (C=O) groups excluding carboxylic acids is 1. The molecule has 2 aliphatic heterocycles. The average Bonchev–Trinajstić information content (AvgIpc) is 3.54. The van der Waals surface area contributed by atoms with Crippen molar-refractivity contribution in [1.29, 1.82) is 0 Å². The molecule has 2 saturated heterocycles. The molecular formula is C28H34BrClN8O4S. The number of hydrogen-bond donors (Lipinski definition) is 1. The van der Waals surface area contributed by atoms with Crippen molar-refractivity contribution >= 4 is 71.7 Å². The molecule has 2 aliphatic rings. The number of aryl methyl sites for hydroxylation is 1. The van der Waals surface area contributed by atoms with Crippen LogP contribution in [0, 0.1) is 0 Å². The molecule has 1 amide bonds. The summed E-state index contributed by atoms with van der Waals surface area (Å²) in [5, 5.41) is 8.66. The Labute approximate surface area is 263 Å². The first-order valence-electron chi connectivity index (χ1n) is 14.1. The second-order valence-electron chi connectivity index (χ2n) is 12.4. The number of rotatable bonds is 5. The zero-order valence-corrected chi connectivity index (χ0v) is 28.0. The zero-order chi connectivity index (χ0) is 31.0. The number of alkyl carbamates (subject to hydrolysis) is 1. The molecule has 4 aromatic rings. The molecule has 12 nitrogen and oxygen atoms in total. The molecular weight excluding hydrogens is 660 g/mol. The Morgan fingerprint density at radius 3 is 2.42 bits per heavy atom.